The largest absolute Gasteiger partial charge is 0.464 e. The zero-order valence-electron chi connectivity index (χ0n) is 31.7. The Morgan fingerprint density at radius 2 is 1.02 bits per heavy atom. The number of hydrogen-bond donors (Lipinski definition) is 1. The van der Waals surface area contributed by atoms with E-state index in [1.807, 2.05) is 0 Å². The molecule has 1 N–H and O–H groups in total. The van der Waals surface area contributed by atoms with Crippen molar-refractivity contribution < 1.29 is 94.9 Å². The number of benzene rings is 1. The third-order valence-electron chi connectivity index (χ3n) is 7.69. The van der Waals surface area contributed by atoms with Gasteiger partial charge in [-0.25, -0.2) is 9.18 Å². The fourth-order valence-electron chi connectivity index (χ4n) is 5.85. The van der Waals surface area contributed by atoms with E-state index < -0.39 is 128 Å². The minimum absolute atomic E-state index is 0.137. The van der Waals surface area contributed by atoms with E-state index in [4.69, 9.17) is 52.1 Å². The van der Waals surface area contributed by atoms with Gasteiger partial charge in [0, 0.05) is 54.2 Å². The van der Waals surface area contributed by atoms with Gasteiger partial charge in [-0.05, 0) is 31.2 Å². The van der Waals surface area contributed by atoms with Crippen LogP contribution in [0.25, 0.3) is 0 Å². The predicted molar refractivity (Wildman–Crippen MR) is 179 cm³/mol. The van der Waals surface area contributed by atoms with Gasteiger partial charge in [0.2, 0.25) is 12.6 Å². The summed E-state index contributed by atoms with van der Waals surface area (Å²) in [4.78, 5) is 100. The quantitative estimate of drug-likeness (QED) is 0.190. The molecule has 2 heterocycles. The number of carbonyl (C=O) groups excluding carboxylic acids is 8. The lowest BCUT2D eigenvalue weighted by atomic mass is 9.92. The van der Waals surface area contributed by atoms with Crippen LogP contribution in [0, 0.1) is 5.82 Å². The molecule has 11 atom stereocenters. The van der Waals surface area contributed by atoms with Gasteiger partial charge in [0.25, 0.3) is 0 Å². The van der Waals surface area contributed by atoms with Crippen molar-refractivity contribution in [3.05, 3.63) is 30.1 Å². The molecular weight excluding hydrogens is 757 g/mol. The molecule has 56 heavy (non-hydrogen) atoms. The summed E-state index contributed by atoms with van der Waals surface area (Å²) in [7, 11) is 0. The van der Waals surface area contributed by atoms with Crippen molar-refractivity contribution in [1.82, 2.24) is 0 Å². The summed E-state index contributed by atoms with van der Waals surface area (Å²) in [5.74, 6) is -8.24. The molecule has 0 aliphatic carbocycles. The standard InChI is InChI=1S/C35H44FNO19/c1-9-46-33(45)25(37-23-12-10-22(36)11-13-23)27-29(50-18(5)41)30(51-19(6)42)32(53-21(8)44)35(55-27)56-34-31(52-20(7)43)28(49-17(4)40)26(48-16(3)39)24(54-34)14-47-15(2)38/h10-13,24-32,34-35,37H,9,14H2,1-8H3/t24-,25+,26-,27+,28+,29+,30-,31-,32+,34-,35+/m0/s1. The van der Waals surface area contributed by atoms with Crippen molar-refractivity contribution in [2.75, 3.05) is 18.5 Å². The third kappa shape index (κ3) is 12.8. The molecule has 310 valence electrons. The van der Waals surface area contributed by atoms with E-state index in [0.717, 1.165) is 60.6 Å². The van der Waals surface area contributed by atoms with Gasteiger partial charge in [0.05, 0.1) is 6.61 Å². The molecule has 1 aromatic carbocycles. The van der Waals surface area contributed by atoms with Crippen LogP contribution in [-0.4, -0.2) is 128 Å². The molecule has 0 spiro atoms. The molecular formula is C35H44FNO19. The second kappa shape index (κ2) is 20.5. The Kier molecular flexibility index (Phi) is 16.5. The fourth-order valence-corrected chi connectivity index (χ4v) is 5.85. The number of rotatable bonds is 15. The van der Waals surface area contributed by atoms with Gasteiger partial charge in [0.15, 0.2) is 42.7 Å². The van der Waals surface area contributed by atoms with Crippen LogP contribution in [0.1, 0.15) is 55.4 Å². The molecule has 2 aliphatic heterocycles. The summed E-state index contributed by atoms with van der Waals surface area (Å²) in [6.07, 6.45) is -17.8. The molecule has 21 heteroatoms. The van der Waals surface area contributed by atoms with Crippen LogP contribution in [0.2, 0.25) is 0 Å². The molecule has 0 aromatic heterocycles. The molecule has 0 saturated carbocycles. The molecule has 2 saturated heterocycles. The highest BCUT2D eigenvalue weighted by Crippen LogP contribution is 2.36. The lowest BCUT2D eigenvalue weighted by Gasteiger charge is -2.49. The highest BCUT2D eigenvalue weighted by atomic mass is 19.1. The Bertz CT molecular complexity index is 1600. The smallest absolute Gasteiger partial charge is 0.331 e. The van der Waals surface area contributed by atoms with Crippen molar-refractivity contribution in [2.45, 2.75) is 123 Å². The number of carbonyl (C=O) groups is 8. The van der Waals surface area contributed by atoms with Crippen molar-refractivity contribution in [2.24, 2.45) is 0 Å². The van der Waals surface area contributed by atoms with E-state index >= 15 is 0 Å². The van der Waals surface area contributed by atoms with E-state index in [2.05, 4.69) is 5.32 Å². The van der Waals surface area contributed by atoms with Crippen molar-refractivity contribution in [3.8, 4) is 0 Å². The van der Waals surface area contributed by atoms with Crippen molar-refractivity contribution in [1.29, 1.82) is 0 Å². The Hall–Kier alpha value is -5.41. The molecule has 2 fully saturated rings. The van der Waals surface area contributed by atoms with Gasteiger partial charge in [-0.2, -0.15) is 0 Å². The maximum Gasteiger partial charge on any atom is 0.331 e. The first-order valence-electron chi connectivity index (χ1n) is 17.1. The van der Waals surface area contributed by atoms with Crippen LogP contribution in [0.5, 0.6) is 0 Å². The third-order valence-corrected chi connectivity index (χ3v) is 7.69. The molecule has 0 radical (unpaired) electrons. The van der Waals surface area contributed by atoms with Gasteiger partial charge in [0.1, 0.15) is 24.6 Å². The minimum Gasteiger partial charge on any atom is -0.464 e. The number of hydrogen-bond acceptors (Lipinski definition) is 20. The summed E-state index contributed by atoms with van der Waals surface area (Å²) >= 11 is 0. The van der Waals surface area contributed by atoms with Crippen molar-refractivity contribution >= 4 is 53.4 Å². The second-order valence-corrected chi connectivity index (χ2v) is 12.3. The first kappa shape index (κ1) is 45.0. The normalized spacial score (nSPS) is 27.6. The fraction of sp³-hybridized carbons (Fsp3) is 0.600. The van der Waals surface area contributed by atoms with E-state index in [0.29, 0.717) is 0 Å². The summed E-state index contributed by atoms with van der Waals surface area (Å²) < 4.78 is 75.5. The summed E-state index contributed by atoms with van der Waals surface area (Å²) in [6.45, 7) is 7.70. The Morgan fingerprint density at radius 3 is 1.48 bits per heavy atom. The number of anilines is 1. The monoisotopic (exact) mass is 801 g/mol. The zero-order chi connectivity index (χ0) is 41.9. The second-order valence-electron chi connectivity index (χ2n) is 12.3. The van der Waals surface area contributed by atoms with Gasteiger partial charge in [-0.1, -0.05) is 0 Å². The first-order valence-corrected chi connectivity index (χ1v) is 17.1. The van der Waals surface area contributed by atoms with Gasteiger partial charge >= 0.3 is 47.8 Å². The molecule has 1 aromatic rings. The average Bonchev–Trinajstić information content (AvgIpc) is 3.07. The zero-order valence-corrected chi connectivity index (χ0v) is 31.7. The Morgan fingerprint density at radius 1 is 0.589 bits per heavy atom. The topological polar surface area (TPSA) is 250 Å². The number of halogens is 1. The van der Waals surface area contributed by atoms with Crippen LogP contribution in [0.3, 0.4) is 0 Å². The van der Waals surface area contributed by atoms with Crippen LogP contribution >= 0.6 is 0 Å². The lowest BCUT2D eigenvalue weighted by Crippen LogP contribution is -2.68. The molecule has 3 rings (SSSR count). The lowest BCUT2D eigenvalue weighted by molar-refractivity contribution is -0.376. The van der Waals surface area contributed by atoms with Crippen LogP contribution < -0.4 is 5.32 Å². The van der Waals surface area contributed by atoms with E-state index in [-0.39, 0.29) is 12.3 Å². The maximum atomic E-state index is 13.8. The SMILES string of the molecule is CCOC(=O)[C@H](Nc1ccc(F)cc1)[C@H]1O[C@H](O[C@@H]2O[C@@H](COC(C)=O)[C@H](OC(C)=O)[C@@H](OC(C)=O)[C@@H]2OC(C)=O)[C@H](OC(C)=O)[C@@H](OC(C)=O)[C@@H]1OC(C)=O. The maximum absolute atomic E-state index is 13.8. The first-order chi connectivity index (χ1) is 26.3. The van der Waals surface area contributed by atoms with Gasteiger partial charge in [-0.3, -0.25) is 33.6 Å². The molecule has 20 nitrogen and oxygen atoms in total. The minimum atomic E-state index is -2.02. The number of nitrogens with one attached hydrogen (secondary N) is 1. The highest BCUT2D eigenvalue weighted by molar-refractivity contribution is 5.80. The number of ether oxygens (including phenoxy) is 11. The van der Waals surface area contributed by atoms with E-state index in [1.54, 1.807) is 0 Å². The molecule has 0 bridgehead atoms. The summed E-state index contributed by atoms with van der Waals surface area (Å²) in [6, 6.07) is 3.00. The average molecular weight is 802 g/mol. The van der Waals surface area contributed by atoms with E-state index in [1.165, 1.54) is 19.1 Å². The van der Waals surface area contributed by atoms with Crippen LogP contribution in [-0.2, 0) is 90.5 Å². The van der Waals surface area contributed by atoms with E-state index in [9.17, 15) is 42.7 Å². The molecule has 2 aliphatic rings. The highest BCUT2D eigenvalue weighted by Gasteiger charge is 2.59. The van der Waals surface area contributed by atoms with Crippen LogP contribution in [0.15, 0.2) is 24.3 Å². The predicted octanol–water partition coefficient (Wildman–Crippen LogP) is 0.789. The van der Waals surface area contributed by atoms with Gasteiger partial charge in [-0.15, -0.1) is 0 Å². The van der Waals surface area contributed by atoms with Crippen LogP contribution in [0.4, 0.5) is 10.1 Å². The Labute approximate surface area is 319 Å². The van der Waals surface area contributed by atoms with Gasteiger partial charge < -0.3 is 57.4 Å². The molecule has 0 unspecified atom stereocenters. The Balaban J connectivity index is 2.26. The van der Waals surface area contributed by atoms with Crippen molar-refractivity contribution in [3.63, 3.8) is 0 Å². The molecule has 0 amide bonds. The summed E-state index contributed by atoms with van der Waals surface area (Å²) in [5, 5.41) is 2.82. The number of esters is 8. The summed E-state index contributed by atoms with van der Waals surface area (Å²) in [5.41, 5.74) is 0.137.